The third kappa shape index (κ3) is 3.89. The summed E-state index contributed by atoms with van der Waals surface area (Å²) in [5, 5.41) is 14.8. The van der Waals surface area contributed by atoms with Crippen molar-refractivity contribution in [2.75, 3.05) is 13.1 Å². The zero-order valence-electron chi connectivity index (χ0n) is 15.3. The lowest BCUT2D eigenvalue weighted by Gasteiger charge is -2.29. The maximum atomic E-state index is 12.8. The Morgan fingerprint density at radius 2 is 1.69 bits per heavy atom. The van der Waals surface area contributed by atoms with Crippen LogP contribution in [0.15, 0.2) is 64.0 Å². The number of sulfonamides is 1. The van der Waals surface area contributed by atoms with E-state index in [1.807, 2.05) is 30.3 Å². The molecule has 0 bridgehead atoms. The third-order valence-electron chi connectivity index (χ3n) is 4.96. The van der Waals surface area contributed by atoms with Gasteiger partial charge < -0.3 is 4.52 Å². The lowest BCUT2D eigenvalue weighted by atomic mass is 9.98. The minimum atomic E-state index is -3.70. The molecule has 0 amide bonds. The first-order chi connectivity index (χ1) is 13.9. The average Bonchev–Trinajstić information content (AvgIpc) is 3.25. The van der Waals surface area contributed by atoms with Gasteiger partial charge in [0, 0.05) is 36.7 Å². The second kappa shape index (κ2) is 7.72. The van der Waals surface area contributed by atoms with Crippen LogP contribution in [-0.2, 0) is 10.0 Å². The maximum Gasteiger partial charge on any atom is 0.269 e. The number of hydrogen-bond acceptors (Lipinski definition) is 7. The van der Waals surface area contributed by atoms with E-state index in [1.54, 1.807) is 0 Å². The highest BCUT2D eigenvalue weighted by molar-refractivity contribution is 7.89. The number of nitrogens with zero attached hydrogens (tertiary/aromatic N) is 4. The molecule has 4 rings (SSSR count). The van der Waals surface area contributed by atoms with Gasteiger partial charge in [-0.1, -0.05) is 35.5 Å². The fourth-order valence-electron chi connectivity index (χ4n) is 3.34. The molecule has 2 heterocycles. The Bertz CT molecular complexity index is 1110. The van der Waals surface area contributed by atoms with Crippen molar-refractivity contribution in [3.8, 4) is 11.4 Å². The number of benzene rings is 2. The van der Waals surface area contributed by atoms with Gasteiger partial charge in [-0.15, -0.1) is 0 Å². The van der Waals surface area contributed by atoms with Gasteiger partial charge in [0.05, 0.1) is 9.82 Å². The highest BCUT2D eigenvalue weighted by atomic mass is 32.2. The fourth-order valence-corrected chi connectivity index (χ4v) is 4.81. The second-order valence-electron chi connectivity index (χ2n) is 6.75. The summed E-state index contributed by atoms with van der Waals surface area (Å²) in [6.45, 7) is 0.625. The van der Waals surface area contributed by atoms with Gasteiger partial charge in [0.15, 0.2) is 0 Å². The molecule has 0 spiro atoms. The number of nitro groups is 1. The molecule has 1 saturated heterocycles. The van der Waals surface area contributed by atoms with Crippen molar-refractivity contribution in [2.24, 2.45) is 0 Å². The van der Waals surface area contributed by atoms with Gasteiger partial charge in [0.1, 0.15) is 0 Å². The van der Waals surface area contributed by atoms with Crippen molar-refractivity contribution in [2.45, 2.75) is 23.7 Å². The number of hydrogen-bond donors (Lipinski definition) is 0. The Kier molecular flexibility index (Phi) is 5.12. The van der Waals surface area contributed by atoms with Gasteiger partial charge in [-0.2, -0.15) is 9.29 Å². The van der Waals surface area contributed by atoms with E-state index in [2.05, 4.69) is 10.1 Å². The molecule has 2 aromatic carbocycles. The van der Waals surface area contributed by atoms with Gasteiger partial charge in [-0.05, 0) is 25.0 Å². The minimum absolute atomic E-state index is 0.0109. The monoisotopic (exact) mass is 414 g/mol. The molecule has 1 aliphatic rings. The van der Waals surface area contributed by atoms with Gasteiger partial charge in [0.2, 0.25) is 21.7 Å². The summed E-state index contributed by atoms with van der Waals surface area (Å²) in [6, 6.07) is 14.4. The summed E-state index contributed by atoms with van der Waals surface area (Å²) < 4.78 is 32.4. The van der Waals surface area contributed by atoms with Gasteiger partial charge in [-0.25, -0.2) is 8.42 Å². The number of aromatic nitrogens is 2. The molecule has 0 atom stereocenters. The first-order valence-corrected chi connectivity index (χ1v) is 10.5. The van der Waals surface area contributed by atoms with Crippen LogP contribution in [0.25, 0.3) is 11.4 Å². The number of piperidine rings is 1. The smallest absolute Gasteiger partial charge is 0.269 e. The minimum Gasteiger partial charge on any atom is -0.339 e. The molecular formula is C19H18N4O5S. The van der Waals surface area contributed by atoms with Crippen LogP contribution in [0.4, 0.5) is 5.69 Å². The number of nitro benzene ring substituents is 1. The number of rotatable bonds is 5. The topological polar surface area (TPSA) is 119 Å². The van der Waals surface area contributed by atoms with Crippen LogP contribution in [0.2, 0.25) is 0 Å². The Balaban J connectivity index is 1.44. The van der Waals surface area contributed by atoms with E-state index in [0.717, 1.165) is 5.56 Å². The van der Waals surface area contributed by atoms with Crippen LogP contribution in [0, 0.1) is 10.1 Å². The molecule has 1 fully saturated rings. The summed E-state index contributed by atoms with van der Waals surface area (Å²) in [6.07, 6.45) is 1.12. The third-order valence-corrected chi connectivity index (χ3v) is 6.88. The van der Waals surface area contributed by atoms with Gasteiger partial charge in [0.25, 0.3) is 5.69 Å². The fraction of sp³-hybridized carbons (Fsp3) is 0.263. The molecule has 0 aliphatic carbocycles. The van der Waals surface area contributed by atoms with E-state index in [0.29, 0.717) is 37.6 Å². The average molecular weight is 414 g/mol. The van der Waals surface area contributed by atoms with Crippen LogP contribution in [-0.4, -0.2) is 40.9 Å². The van der Waals surface area contributed by atoms with Crippen molar-refractivity contribution < 1.29 is 17.9 Å². The summed E-state index contributed by atoms with van der Waals surface area (Å²) in [5.74, 6) is 1.01. The Morgan fingerprint density at radius 3 is 2.31 bits per heavy atom. The normalized spacial score (nSPS) is 16.0. The zero-order chi connectivity index (χ0) is 20.4. The standard InChI is InChI=1S/C19H18N4O5S/c24-23(25)16-6-8-17(9-7-16)29(26,27)22-12-10-15(11-13-22)19-20-18(21-28-19)14-4-2-1-3-5-14/h1-9,15H,10-13H2. The van der Waals surface area contributed by atoms with E-state index in [-0.39, 0.29) is 16.5 Å². The quantitative estimate of drug-likeness (QED) is 0.464. The second-order valence-corrected chi connectivity index (χ2v) is 8.69. The van der Waals surface area contributed by atoms with E-state index < -0.39 is 14.9 Å². The Hall–Kier alpha value is -3.11. The lowest BCUT2D eigenvalue weighted by Crippen LogP contribution is -2.37. The van der Waals surface area contributed by atoms with Crippen LogP contribution >= 0.6 is 0 Å². The van der Waals surface area contributed by atoms with E-state index >= 15 is 0 Å². The molecule has 10 heteroatoms. The molecule has 3 aromatic rings. The highest BCUT2D eigenvalue weighted by Gasteiger charge is 2.32. The first kappa shape index (κ1) is 19.2. The summed E-state index contributed by atoms with van der Waals surface area (Å²) >= 11 is 0. The van der Waals surface area contributed by atoms with E-state index in [1.165, 1.54) is 28.6 Å². The van der Waals surface area contributed by atoms with E-state index in [9.17, 15) is 18.5 Å². The first-order valence-electron chi connectivity index (χ1n) is 9.09. The summed E-state index contributed by atoms with van der Waals surface area (Å²) in [4.78, 5) is 14.7. The van der Waals surface area contributed by atoms with Gasteiger partial charge >= 0.3 is 0 Å². The summed E-state index contributed by atoms with van der Waals surface area (Å²) in [5.41, 5.74) is 0.717. The van der Waals surface area contributed by atoms with Crippen molar-refractivity contribution in [3.63, 3.8) is 0 Å². The molecular weight excluding hydrogens is 396 g/mol. The molecule has 150 valence electrons. The van der Waals surface area contributed by atoms with Crippen molar-refractivity contribution in [1.29, 1.82) is 0 Å². The summed E-state index contributed by atoms with van der Waals surface area (Å²) in [7, 11) is -3.70. The lowest BCUT2D eigenvalue weighted by molar-refractivity contribution is -0.384. The predicted molar refractivity (Wildman–Crippen MR) is 104 cm³/mol. The SMILES string of the molecule is O=[N+]([O-])c1ccc(S(=O)(=O)N2CCC(c3nc(-c4ccccc4)no3)CC2)cc1. The largest absolute Gasteiger partial charge is 0.339 e. The molecule has 0 radical (unpaired) electrons. The molecule has 0 N–H and O–H groups in total. The Morgan fingerprint density at radius 1 is 1.03 bits per heavy atom. The molecule has 9 nitrogen and oxygen atoms in total. The van der Waals surface area contributed by atoms with Crippen LogP contribution in [0.5, 0.6) is 0 Å². The number of non-ortho nitro benzene ring substituents is 1. The maximum absolute atomic E-state index is 12.8. The Labute approximate surface area is 167 Å². The highest BCUT2D eigenvalue weighted by Crippen LogP contribution is 2.31. The van der Waals surface area contributed by atoms with Crippen LogP contribution in [0.1, 0.15) is 24.7 Å². The molecule has 1 aliphatic heterocycles. The molecule has 0 saturated carbocycles. The molecule has 0 unspecified atom stereocenters. The van der Waals surface area contributed by atoms with Crippen LogP contribution < -0.4 is 0 Å². The van der Waals surface area contributed by atoms with E-state index in [4.69, 9.17) is 4.52 Å². The molecule has 29 heavy (non-hydrogen) atoms. The van der Waals surface area contributed by atoms with Crippen LogP contribution in [0.3, 0.4) is 0 Å². The van der Waals surface area contributed by atoms with Gasteiger partial charge in [-0.3, -0.25) is 10.1 Å². The van der Waals surface area contributed by atoms with Crippen molar-refractivity contribution in [1.82, 2.24) is 14.4 Å². The zero-order valence-corrected chi connectivity index (χ0v) is 16.2. The molecule has 1 aromatic heterocycles. The van der Waals surface area contributed by atoms with Crippen molar-refractivity contribution in [3.05, 3.63) is 70.6 Å². The van der Waals surface area contributed by atoms with Crippen molar-refractivity contribution >= 4 is 15.7 Å². The predicted octanol–water partition coefficient (Wildman–Crippen LogP) is 3.21.